The Morgan fingerprint density at radius 2 is 1.93 bits per heavy atom. The van der Waals surface area contributed by atoms with Crippen LogP contribution < -0.4 is 14.8 Å². The number of carbonyl (C=O) groups is 1. The monoisotopic (exact) mass is 383 g/mol. The molecule has 0 aliphatic carbocycles. The molecule has 3 aromatic rings. The molecule has 0 bridgehead atoms. The maximum Gasteiger partial charge on any atom is 0.229 e. The fraction of sp³-hybridized carbons (Fsp3) is 0.200. The van der Waals surface area contributed by atoms with Gasteiger partial charge < -0.3 is 14.8 Å². The van der Waals surface area contributed by atoms with Crippen molar-refractivity contribution in [3.05, 3.63) is 70.9 Å². The summed E-state index contributed by atoms with van der Waals surface area (Å²) in [6, 6.07) is 14.9. The second-order valence-corrected chi connectivity index (χ2v) is 6.58. The Hall–Kier alpha value is -2.99. The van der Waals surface area contributed by atoms with Gasteiger partial charge in [0.1, 0.15) is 19.0 Å². The van der Waals surface area contributed by atoms with Crippen molar-refractivity contribution in [1.82, 2.24) is 9.78 Å². The third-order valence-electron chi connectivity index (χ3n) is 4.23. The van der Waals surface area contributed by atoms with Crippen LogP contribution in [0.2, 0.25) is 5.02 Å². The molecule has 0 saturated heterocycles. The van der Waals surface area contributed by atoms with Crippen LogP contribution in [0.5, 0.6) is 11.5 Å². The topological polar surface area (TPSA) is 65.4 Å². The lowest BCUT2D eigenvalue weighted by molar-refractivity contribution is -0.115. The number of amides is 1. The van der Waals surface area contributed by atoms with Gasteiger partial charge in [-0.05, 0) is 29.3 Å². The van der Waals surface area contributed by atoms with E-state index < -0.39 is 0 Å². The summed E-state index contributed by atoms with van der Waals surface area (Å²) in [6.07, 6.45) is 1.88. The average molecular weight is 384 g/mol. The number of benzene rings is 2. The van der Waals surface area contributed by atoms with Crippen molar-refractivity contribution >= 4 is 23.3 Å². The summed E-state index contributed by atoms with van der Waals surface area (Å²) in [5, 5.41) is 7.85. The summed E-state index contributed by atoms with van der Waals surface area (Å²) in [5.41, 5.74) is 1.79. The van der Waals surface area contributed by atoms with Gasteiger partial charge in [-0.3, -0.25) is 4.79 Å². The standard InChI is InChI=1S/C20H18ClN3O3/c21-16-4-2-1-3-15(16)13-24-19(7-8-22-24)23-20(25)12-14-5-6-17-18(11-14)27-10-9-26-17/h1-8,11H,9-10,12-13H2,(H,23,25). The molecule has 1 aromatic heterocycles. The number of fused-ring (bicyclic) bond motifs is 1. The van der Waals surface area contributed by atoms with E-state index >= 15 is 0 Å². The Morgan fingerprint density at radius 1 is 1.11 bits per heavy atom. The van der Waals surface area contributed by atoms with Crippen LogP contribution in [-0.4, -0.2) is 28.9 Å². The summed E-state index contributed by atoms with van der Waals surface area (Å²) < 4.78 is 12.8. The summed E-state index contributed by atoms with van der Waals surface area (Å²) in [6.45, 7) is 1.54. The highest BCUT2D eigenvalue weighted by atomic mass is 35.5. The minimum atomic E-state index is -0.132. The van der Waals surface area contributed by atoms with Crippen LogP contribution in [-0.2, 0) is 17.8 Å². The van der Waals surface area contributed by atoms with E-state index in [0.717, 1.165) is 11.1 Å². The van der Waals surface area contributed by atoms with Crippen molar-refractivity contribution < 1.29 is 14.3 Å². The van der Waals surface area contributed by atoms with Gasteiger partial charge >= 0.3 is 0 Å². The van der Waals surface area contributed by atoms with Crippen LogP contribution in [0, 0.1) is 0 Å². The molecule has 0 spiro atoms. The molecule has 0 atom stereocenters. The number of anilines is 1. The molecule has 0 radical (unpaired) electrons. The van der Waals surface area contributed by atoms with E-state index in [1.807, 2.05) is 42.5 Å². The van der Waals surface area contributed by atoms with Crippen LogP contribution in [0.15, 0.2) is 54.7 Å². The number of ether oxygens (including phenoxy) is 2. The van der Waals surface area contributed by atoms with E-state index in [1.54, 1.807) is 16.9 Å². The SMILES string of the molecule is O=C(Cc1ccc2c(c1)OCCO2)Nc1ccnn1Cc1ccccc1Cl. The van der Waals surface area contributed by atoms with Crippen LogP contribution in [0.4, 0.5) is 5.82 Å². The highest BCUT2D eigenvalue weighted by Crippen LogP contribution is 2.31. The Bertz CT molecular complexity index is 971. The normalized spacial score (nSPS) is 12.6. The van der Waals surface area contributed by atoms with Crippen LogP contribution in [0.3, 0.4) is 0 Å². The maximum atomic E-state index is 12.5. The van der Waals surface area contributed by atoms with Crippen molar-refractivity contribution in [2.45, 2.75) is 13.0 Å². The predicted octanol–water partition coefficient (Wildman–Crippen LogP) is 3.54. The Balaban J connectivity index is 1.43. The molecule has 1 aliphatic heterocycles. The highest BCUT2D eigenvalue weighted by molar-refractivity contribution is 6.31. The fourth-order valence-electron chi connectivity index (χ4n) is 2.92. The lowest BCUT2D eigenvalue weighted by atomic mass is 10.1. The van der Waals surface area contributed by atoms with Gasteiger partial charge in [-0.15, -0.1) is 0 Å². The number of nitrogens with zero attached hydrogens (tertiary/aromatic N) is 2. The minimum Gasteiger partial charge on any atom is -0.486 e. The third-order valence-corrected chi connectivity index (χ3v) is 4.60. The lowest BCUT2D eigenvalue weighted by Gasteiger charge is -2.18. The lowest BCUT2D eigenvalue weighted by Crippen LogP contribution is -2.19. The molecule has 4 rings (SSSR count). The van der Waals surface area contributed by atoms with Gasteiger partial charge in [0.05, 0.1) is 19.2 Å². The largest absolute Gasteiger partial charge is 0.486 e. The number of aromatic nitrogens is 2. The third kappa shape index (κ3) is 4.06. The van der Waals surface area contributed by atoms with E-state index in [9.17, 15) is 4.79 Å². The van der Waals surface area contributed by atoms with Gasteiger partial charge in [-0.25, -0.2) is 4.68 Å². The van der Waals surface area contributed by atoms with Crippen LogP contribution >= 0.6 is 11.6 Å². The van der Waals surface area contributed by atoms with Gasteiger partial charge in [0.2, 0.25) is 5.91 Å². The van der Waals surface area contributed by atoms with E-state index in [2.05, 4.69) is 10.4 Å². The predicted molar refractivity (Wildman–Crippen MR) is 103 cm³/mol. The van der Waals surface area contributed by atoms with Gasteiger partial charge in [-0.2, -0.15) is 5.10 Å². The zero-order valence-electron chi connectivity index (χ0n) is 14.5. The van der Waals surface area contributed by atoms with E-state index in [0.29, 0.717) is 42.1 Å². The Morgan fingerprint density at radius 3 is 2.78 bits per heavy atom. The summed E-state index contributed by atoms with van der Waals surface area (Å²) in [5.74, 6) is 1.88. The van der Waals surface area contributed by atoms with Crippen molar-refractivity contribution in [2.24, 2.45) is 0 Å². The Kier molecular flexibility index (Phi) is 4.98. The minimum absolute atomic E-state index is 0.132. The fourth-order valence-corrected chi connectivity index (χ4v) is 3.12. The van der Waals surface area contributed by atoms with Crippen LogP contribution in [0.1, 0.15) is 11.1 Å². The summed E-state index contributed by atoms with van der Waals surface area (Å²) in [4.78, 5) is 12.5. The summed E-state index contributed by atoms with van der Waals surface area (Å²) in [7, 11) is 0. The molecule has 2 aromatic carbocycles. The van der Waals surface area contributed by atoms with E-state index in [-0.39, 0.29) is 12.3 Å². The molecule has 0 fully saturated rings. The second kappa shape index (κ2) is 7.72. The van der Waals surface area contributed by atoms with Crippen LogP contribution in [0.25, 0.3) is 0 Å². The zero-order valence-corrected chi connectivity index (χ0v) is 15.3. The molecule has 0 saturated carbocycles. The second-order valence-electron chi connectivity index (χ2n) is 6.17. The molecule has 0 unspecified atom stereocenters. The average Bonchev–Trinajstić information content (AvgIpc) is 3.10. The first-order chi connectivity index (χ1) is 13.2. The number of rotatable bonds is 5. The van der Waals surface area contributed by atoms with Gasteiger partial charge in [0.25, 0.3) is 0 Å². The van der Waals surface area contributed by atoms with Crippen molar-refractivity contribution in [1.29, 1.82) is 0 Å². The molecule has 27 heavy (non-hydrogen) atoms. The van der Waals surface area contributed by atoms with Gasteiger partial charge in [0, 0.05) is 11.1 Å². The van der Waals surface area contributed by atoms with E-state index in [1.165, 1.54) is 0 Å². The number of hydrogen-bond acceptors (Lipinski definition) is 4. The van der Waals surface area contributed by atoms with E-state index in [4.69, 9.17) is 21.1 Å². The van der Waals surface area contributed by atoms with Crippen molar-refractivity contribution in [3.63, 3.8) is 0 Å². The highest BCUT2D eigenvalue weighted by Gasteiger charge is 2.14. The smallest absolute Gasteiger partial charge is 0.229 e. The number of halogens is 1. The molecular formula is C20H18ClN3O3. The quantitative estimate of drug-likeness (QED) is 0.732. The first-order valence-electron chi connectivity index (χ1n) is 8.62. The van der Waals surface area contributed by atoms with Gasteiger partial charge in [0.15, 0.2) is 11.5 Å². The first kappa shape index (κ1) is 17.4. The molecule has 1 aliphatic rings. The molecule has 2 heterocycles. The number of hydrogen-bond donors (Lipinski definition) is 1. The maximum absolute atomic E-state index is 12.5. The summed E-state index contributed by atoms with van der Waals surface area (Å²) >= 11 is 6.21. The first-order valence-corrected chi connectivity index (χ1v) is 9.00. The van der Waals surface area contributed by atoms with Crippen molar-refractivity contribution in [3.8, 4) is 11.5 Å². The molecule has 1 amide bonds. The Labute approximate surface area is 161 Å². The number of carbonyl (C=O) groups excluding carboxylic acids is 1. The molecular weight excluding hydrogens is 366 g/mol. The molecule has 1 N–H and O–H groups in total. The van der Waals surface area contributed by atoms with Crippen molar-refractivity contribution in [2.75, 3.05) is 18.5 Å². The van der Waals surface area contributed by atoms with Gasteiger partial charge in [-0.1, -0.05) is 35.9 Å². The molecule has 6 nitrogen and oxygen atoms in total. The molecule has 7 heteroatoms. The zero-order chi connectivity index (χ0) is 18.6. The number of nitrogens with one attached hydrogen (secondary N) is 1. The molecule has 138 valence electrons.